The molecule has 8 heteroatoms. The molecule has 5 nitrogen and oxygen atoms in total. The fraction of sp³-hybridized carbons (Fsp3) is 0.273. The molecule has 1 N–H and O–H groups in total. The van der Waals surface area contributed by atoms with Gasteiger partial charge in [-0.05, 0) is 17.7 Å². The van der Waals surface area contributed by atoms with Gasteiger partial charge >= 0.3 is 6.36 Å². The van der Waals surface area contributed by atoms with Crippen LogP contribution in [0.2, 0.25) is 0 Å². The average molecular weight is 273 g/mol. The lowest BCUT2D eigenvalue weighted by Crippen LogP contribution is -2.17. The van der Waals surface area contributed by atoms with Crippen LogP contribution in [0.4, 0.5) is 13.2 Å². The Balaban J connectivity index is 1.81. The van der Waals surface area contributed by atoms with E-state index in [9.17, 15) is 13.2 Å². The molecule has 2 aromatic rings. The molecule has 0 amide bonds. The lowest BCUT2D eigenvalue weighted by Gasteiger charge is -2.09. The first-order chi connectivity index (χ1) is 9.03. The van der Waals surface area contributed by atoms with E-state index in [-0.39, 0.29) is 5.75 Å². The number of ether oxygens (including phenoxy) is 1. The number of hydrogen-bond acceptors (Lipinski definition) is 5. The Morgan fingerprint density at radius 3 is 2.47 bits per heavy atom. The van der Waals surface area contributed by atoms with Crippen molar-refractivity contribution in [3.63, 3.8) is 0 Å². The zero-order valence-corrected chi connectivity index (χ0v) is 9.65. The van der Waals surface area contributed by atoms with Crippen LogP contribution in [0.15, 0.2) is 35.2 Å². The Morgan fingerprint density at radius 1 is 1.16 bits per heavy atom. The Kier molecular flexibility index (Phi) is 4.00. The van der Waals surface area contributed by atoms with Gasteiger partial charge in [0, 0.05) is 6.54 Å². The minimum Gasteiger partial charge on any atom is -0.406 e. The Morgan fingerprint density at radius 2 is 1.89 bits per heavy atom. The Hall–Kier alpha value is -2.09. The molecule has 0 radical (unpaired) electrons. The highest BCUT2D eigenvalue weighted by molar-refractivity contribution is 5.27. The fourth-order valence-electron chi connectivity index (χ4n) is 1.40. The van der Waals surface area contributed by atoms with Crippen LogP contribution in [-0.4, -0.2) is 16.5 Å². The number of benzene rings is 1. The summed E-state index contributed by atoms with van der Waals surface area (Å²) in [7, 11) is 0. The number of halogens is 3. The molecular weight excluding hydrogens is 263 g/mol. The summed E-state index contributed by atoms with van der Waals surface area (Å²) in [6.07, 6.45) is -3.45. The molecule has 0 aliphatic heterocycles. The monoisotopic (exact) mass is 273 g/mol. The summed E-state index contributed by atoms with van der Waals surface area (Å²) in [5, 5.41) is 6.63. The lowest BCUT2D eigenvalue weighted by atomic mass is 10.2. The van der Waals surface area contributed by atoms with Crippen LogP contribution < -0.4 is 10.1 Å². The molecule has 0 atom stereocenters. The van der Waals surface area contributed by atoms with Crippen molar-refractivity contribution in [1.29, 1.82) is 0 Å². The molecule has 1 heterocycles. The van der Waals surface area contributed by atoms with Gasteiger partial charge in [-0.15, -0.1) is 13.2 Å². The van der Waals surface area contributed by atoms with Gasteiger partial charge in [0.05, 0.1) is 6.54 Å². The van der Waals surface area contributed by atoms with Crippen LogP contribution >= 0.6 is 0 Å². The van der Waals surface area contributed by atoms with Gasteiger partial charge < -0.3 is 14.6 Å². The van der Waals surface area contributed by atoms with E-state index in [1.165, 1.54) is 18.5 Å². The number of nitrogens with zero attached hydrogens (tertiary/aromatic N) is 2. The zero-order valence-electron chi connectivity index (χ0n) is 9.65. The van der Waals surface area contributed by atoms with Gasteiger partial charge in [0.2, 0.25) is 6.39 Å². The first kappa shape index (κ1) is 13.3. The molecule has 19 heavy (non-hydrogen) atoms. The third kappa shape index (κ3) is 4.59. The van der Waals surface area contributed by atoms with Crippen LogP contribution in [0.1, 0.15) is 11.4 Å². The third-order valence-electron chi connectivity index (χ3n) is 2.18. The second-order valence-corrected chi connectivity index (χ2v) is 3.64. The quantitative estimate of drug-likeness (QED) is 0.905. The minimum atomic E-state index is -4.67. The van der Waals surface area contributed by atoms with E-state index in [1.807, 2.05) is 0 Å². The second kappa shape index (κ2) is 5.70. The molecule has 2 rings (SSSR count). The molecule has 102 valence electrons. The second-order valence-electron chi connectivity index (χ2n) is 3.64. The van der Waals surface area contributed by atoms with Crippen LogP contribution in [-0.2, 0) is 13.1 Å². The summed E-state index contributed by atoms with van der Waals surface area (Å²) in [5.74, 6) is 0.270. The van der Waals surface area contributed by atoms with Gasteiger partial charge in [-0.3, -0.25) is 0 Å². The van der Waals surface area contributed by atoms with Crippen molar-refractivity contribution in [3.05, 3.63) is 42.0 Å². The third-order valence-corrected chi connectivity index (χ3v) is 2.18. The van der Waals surface area contributed by atoms with Gasteiger partial charge in [-0.1, -0.05) is 17.3 Å². The number of nitrogens with one attached hydrogen (secondary N) is 1. The Labute approximate surface area is 106 Å². The summed E-state index contributed by atoms with van der Waals surface area (Å²) in [6.45, 7) is 0.887. The van der Waals surface area contributed by atoms with E-state index in [0.29, 0.717) is 18.9 Å². The molecule has 0 bridgehead atoms. The molecular formula is C11H10F3N3O2. The number of alkyl halides is 3. The predicted octanol–water partition coefficient (Wildman–Crippen LogP) is 2.26. The maximum absolute atomic E-state index is 11.9. The van der Waals surface area contributed by atoms with Crippen LogP contribution in [0.5, 0.6) is 5.75 Å². The van der Waals surface area contributed by atoms with Gasteiger partial charge in [0.25, 0.3) is 0 Å². The van der Waals surface area contributed by atoms with Gasteiger partial charge in [0.1, 0.15) is 5.75 Å². The van der Waals surface area contributed by atoms with Crippen molar-refractivity contribution >= 4 is 0 Å². The first-order valence-electron chi connectivity index (χ1n) is 5.33. The maximum Gasteiger partial charge on any atom is 0.573 e. The fourth-order valence-corrected chi connectivity index (χ4v) is 1.40. The van der Waals surface area contributed by atoms with Crippen molar-refractivity contribution in [2.45, 2.75) is 19.5 Å². The van der Waals surface area contributed by atoms with Crippen molar-refractivity contribution < 1.29 is 22.4 Å². The number of hydrogen-bond donors (Lipinski definition) is 1. The van der Waals surface area contributed by atoms with E-state index in [0.717, 1.165) is 5.56 Å². The molecule has 0 aliphatic carbocycles. The van der Waals surface area contributed by atoms with Gasteiger partial charge in [0.15, 0.2) is 5.82 Å². The summed E-state index contributed by atoms with van der Waals surface area (Å²) in [6, 6.07) is 5.62. The largest absolute Gasteiger partial charge is 0.573 e. The average Bonchev–Trinajstić information content (AvgIpc) is 2.82. The van der Waals surface area contributed by atoms with Crippen molar-refractivity contribution in [2.75, 3.05) is 0 Å². The van der Waals surface area contributed by atoms with Crippen LogP contribution in [0.25, 0.3) is 0 Å². The standard InChI is InChI=1S/C11H10F3N3O2/c12-11(13,14)19-9-3-1-8(2-4-9)5-15-6-10-16-7-18-17-10/h1-4,7,15H,5-6H2. The Bertz CT molecular complexity index is 497. The molecule has 1 aromatic carbocycles. The van der Waals surface area contributed by atoms with E-state index in [4.69, 9.17) is 0 Å². The molecule has 0 fully saturated rings. The van der Waals surface area contributed by atoms with Crippen molar-refractivity contribution in [2.24, 2.45) is 0 Å². The molecule has 0 unspecified atom stereocenters. The van der Waals surface area contributed by atoms with Gasteiger partial charge in [-0.25, -0.2) is 0 Å². The van der Waals surface area contributed by atoms with Crippen LogP contribution in [0, 0.1) is 0 Å². The molecule has 0 spiro atoms. The topological polar surface area (TPSA) is 60.2 Å². The van der Waals surface area contributed by atoms with Crippen molar-refractivity contribution in [3.8, 4) is 5.75 Å². The van der Waals surface area contributed by atoms with E-state index >= 15 is 0 Å². The summed E-state index contributed by atoms with van der Waals surface area (Å²) in [4.78, 5) is 3.82. The summed E-state index contributed by atoms with van der Waals surface area (Å²) in [5.41, 5.74) is 0.818. The molecule has 0 saturated carbocycles. The number of aromatic nitrogens is 2. The smallest absolute Gasteiger partial charge is 0.406 e. The first-order valence-corrected chi connectivity index (χ1v) is 5.33. The molecule has 1 aromatic heterocycles. The minimum absolute atomic E-state index is 0.241. The zero-order chi connectivity index (χ0) is 13.7. The highest BCUT2D eigenvalue weighted by atomic mass is 19.4. The maximum atomic E-state index is 11.9. The lowest BCUT2D eigenvalue weighted by molar-refractivity contribution is -0.274. The highest BCUT2D eigenvalue weighted by Crippen LogP contribution is 2.22. The SMILES string of the molecule is FC(F)(F)Oc1ccc(CNCc2ncon2)cc1. The van der Waals surface area contributed by atoms with Crippen LogP contribution in [0.3, 0.4) is 0 Å². The number of rotatable bonds is 5. The van der Waals surface area contributed by atoms with Gasteiger partial charge in [-0.2, -0.15) is 4.98 Å². The van der Waals surface area contributed by atoms with Crippen molar-refractivity contribution in [1.82, 2.24) is 15.5 Å². The molecule has 0 saturated heterocycles. The summed E-state index contributed by atoms with van der Waals surface area (Å²) < 4.78 is 44.2. The van der Waals surface area contributed by atoms with E-state index < -0.39 is 6.36 Å². The normalized spacial score (nSPS) is 11.5. The molecule has 0 aliphatic rings. The highest BCUT2D eigenvalue weighted by Gasteiger charge is 2.30. The predicted molar refractivity (Wildman–Crippen MR) is 58.0 cm³/mol. The van der Waals surface area contributed by atoms with E-state index in [1.54, 1.807) is 12.1 Å². The van der Waals surface area contributed by atoms with E-state index in [2.05, 4.69) is 24.7 Å². The summed E-state index contributed by atoms with van der Waals surface area (Å²) >= 11 is 0.